The maximum absolute atomic E-state index is 12.9. The lowest BCUT2D eigenvalue weighted by Crippen LogP contribution is -2.12. The molecule has 0 unspecified atom stereocenters. The molecule has 52 heavy (non-hydrogen) atoms. The summed E-state index contributed by atoms with van der Waals surface area (Å²) < 4.78 is 20.7. The highest BCUT2D eigenvalue weighted by Gasteiger charge is 2.23. The second-order valence-electron chi connectivity index (χ2n) is 11.5. The first-order valence-electron chi connectivity index (χ1n) is 15.5. The monoisotopic (exact) mass is 690 g/mol. The lowest BCUT2D eigenvalue weighted by Gasteiger charge is -2.19. The van der Waals surface area contributed by atoms with Gasteiger partial charge in [-0.15, -0.1) is 0 Å². The second-order valence-corrected chi connectivity index (χ2v) is 11.5. The molecule has 0 fully saturated rings. The molecule has 0 saturated heterocycles. The van der Waals surface area contributed by atoms with E-state index in [1.54, 1.807) is 62.4 Å². The molecular weight excluding hydrogens is 656 g/mol. The molecule has 0 spiro atoms. The van der Waals surface area contributed by atoms with Crippen LogP contribution in [0.2, 0.25) is 0 Å². The SMILES string of the molecule is C=C(C)C(=O)OC#Cc1ccc(C#Cc2c(C)c(OC(=O)C(=C)C)c(-c3ccc(C#COC(=O)C(=C)C)cc3)c(C)c2C#COC(=O)C(=C)C)cc1. The summed E-state index contributed by atoms with van der Waals surface area (Å²) in [5.74, 6) is 12.3. The zero-order valence-electron chi connectivity index (χ0n) is 29.7. The molecule has 0 aromatic heterocycles. The van der Waals surface area contributed by atoms with Gasteiger partial charge in [-0.1, -0.05) is 50.3 Å². The molecule has 0 N–H and O–H groups in total. The van der Waals surface area contributed by atoms with Crippen molar-refractivity contribution in [3.63, 3.8) is 0 Å². The first-order chi connectivity index (χ1) is 24.6. The van der Waals surface area contributed by atoms with Gasteiger partial charge in [0.1, 0.15) is 24.1 Å². The number of hydrogen-bond donors (Lipinski definition) is 0. The fourth-order valence-corrected chi connectivity index (χ4v) is 4.08. The zero-order chi connectivity index (χ0) is 38.5. The highest BCUT2D eigenvalue weighted by Crippen LogP contribution is 2.41. The number of hydrogen-bond acceptors (Lipinski definition) is 8. The van der Waals surface area contributed by atoms with E-state index in [0.717, 1.165) is 0 Å². The van der Waals surface area contributed by atoms with Crippen LogP contribution in [0.15, 0.2) is 97.1 Å². The first-order valence-corrected chi connectivity index (χ1v) is 15.5. The van der Waals surface area contributed by atoms with E-state index in [-0.39, 0.29) is 28.0 Å². The van der Waals surface area contributed by atoms with E-state index in [9.17, 15) is 19.2 Å². The van der Waals surface area contributed by atoms with Gasteiger partial charge in [-0.3, -0.25) is 0 Å². The average Bonchev–Trinajstić information content (AvgIpc) is 3.10. The summed E-state index contributed by atoms with van der Waals surface area (Å²) in [6.45, 7) is 23.9. The van der Waals surface area contributed by atoms with Gasteiger partial charge in [-0.2, -0.15) is 0 Å². The Morgan fingerprint density at radius 3 is 1.27 bits per heavy atom. The van der Waals surface area contributed by atoms with Crippen molar-refractivity contribution in [3.8, 4) is 64.8 Å². The summed E-state index contributed by atoms with van der Waals surface area (Å²) >= 11 is 0. The molecule has 0 saturated carbocycles. The van der Waals surface area contributed by atoms with Crippen LogP contribution in [0.3, 0.4) is 0 Å². The van der Waals surface area contributed by atoms with Crippen molar-refractivity contribution in [2.45, 2.75) is 41.5 Å². The van der Waals surface area contributed by atoms with Crippen LogP contribution in [-0.4, -0.2) is 23.9 Å². The molecule has 0 aliphatic heterocycles. The molecule has 0 aliphatic carbocycles. The Morgan fingerprint density at radius 1 is 0.481 bits per heavy atom. The van der Waals surface area contributed by atoms with Crippen LogP contribution in [0.5, 0.6) is 5.75 Å². The maximum Gasteiger partial charge on any atom is 0.347 e. The summed E-state index contributed by atoms with van der Waals surface area (Å²) in [5.41, 5.74) is 5.61. The van der Waals surface area contributed by atoms with Gasteiger partial charge < -0.3 is 18.9 Å². The maximum atomic E-state index is 12.9. The normalized spacial score (nSPS) is 9.35. The summed E-state index contributed by atoms with van der Waals surface area (Å²) in [4.78, 5) is 48.4. The van der Waals surface area contributed by atoms with Crippen molar-refractivity contribution < 1.29 is 38.1 Å². The van der Waals surface area contributed by atoms with Crippen LogP contribution in [0, 0.1) is 61.8 Å². The Bertz CT molecular complexity index is 2290. The minimum absolute atomic E-state index is 0.171. The number of rotatable bonds is 6. The fraction of sp³-hybridized carbons (Fsp3) is 0.136. The third-order valence-corrected chi connectivity index (χ3v) is 6.92. The third kappa shape index (κ3) is 10.6. The van der Waals surface area contributed by atoms with E-state index in [0.29, 0.717) is 50.1 Å². The van der Waals surface area contributed by atoms with Gasteiger partial charge in [0.15, 0.2) is 0 Å². The van der Waals surface area contributed by atoms with E-state index < -0.39 is 23.9 Å². The molecule has 0 bridgehead atoms. The summed E-state index contributed by atoms with van der Waals surface area (Å²) in [6, 6.07) is 13.8. The standard InChI is InChI=1S/C44H34O8/c1-27(2)41(45)49-24-21-34-13-11-33(12-14-34)17-20-37-32(10)40(52-44(48)30(7)8)39(31(9)38(37)23-26-51-43(47)29(5)6)36-18-15-35(16-19-36)22-25-50-42(46)28(3)4/h11-16,18-19H,1,3,5,7H2,2,4,6,8-10H3. The topological polar surface area (TPSA) is 105 Å². The number of carbonyl (C=O) groups is 4. The first kappa shape index (κ1) is 39.2. The van der Waals surface area contributed by atoms with E-state index in [1.165, 1.54) is 27.7 Å². The van der Waals surface area contributed by atoms with Crippen LogP contribution >= 0.6 is 0 Å². The largest absolute Gasteiger partial charge is 0.422 e. The molecule has 0 amide bonds. The third-order valence-electron chi connectivity index (χ3n) is 6.92. The molecule has 8 heteroatoms. The van der Waals surface area contributed by atoms with Crippen molar-refractivity contribution in [1.29, 1.82) is 0 Å². The van der Waals surface area contributed by atoms with Crippen molar-refractivity contribution >= 4 is 23.9 Å². The van der Waals surface area contributed by atoms with Gasteiger partial charge in [-0.05, 0) is 107 Å². The van der Waals surface area contributed by atoms with Crippen molar-refractivity contribution in [2.24, 2.45) is 0 Å². The number of ether oxygens (including phenoxy) is 4. The summed E-state index contributed by atoms with van der Waals surface area (Å²) in [6.07, 6.45) is 7.19. The molecule has 3 aromatic carbocycles. The van der Waals surface area contributed by atoms with Crippen molar-refractivity contribution in [2.75, 3.05) is 0 Å². The molecule has 8 nitrogen and oxygen atoms in total. The van der Waals surface area contributed by atoms with E-state index in [4.69, 9.17) is 18.9 Å². The molecule has 0 atom stereocenters. The number of esters is 4. The van der Waals surface area contributed by atoms with Crippen molar-refractivity contribution in [3.05, 3.63) is 136 Å². The van der Waals surface area contributed by atoms with Gasteiger partial charge in [-0.25, -0.2) is 19.2 Å². The van der Waals surface area contributed by atoms with Crippen LogP contribution in [0.25, 0.3) is 11.1 Å². The zero-order valence-corrected chi connectivity index (χ0v) is 29.7. The van der Waals surface area contributed by atoms with Gasteiger partial charge in [0.05, 0.1) is 0 Å². The fourth-order valence-electron chi connectivity index (χ4n) is 4.08. The molecular formula is C44H34O8. The van der Waals surface area contributed by atoms with Crippen molar-refractivity contribution in [1.82, 2.24) is 0 Å². The smallest absolute Gasteiger partial charge is 0.347 e. The van der Waals surface area contributed by atoms with Crippen LogP contribution in [-0.2, 0) is 33.4 Å². The molecule has 258 valence electrons. The summed E-state index contributed by atoms with van der Waals surface area (Å²) in [7, 11) is 0. The van der Waals surface area contributed by atoms with Crippen LogP contribution < -0.4 is 4.74 Å². The minimum atomic E-state index is -0.690. The Hall–Kier alpha value is -7.26. The van der Waals surface area contributed by atoms with Gasteiger partial charge in [0, 0.05) is 61.2 Å². The van der Waals surface area contributed by atoms with Crippen LogP contribution in [0.1, 0.15) is 66.6 Å². The van der Waals surface area contributed by atoms with E-state index in [1.807, 2.05) is 0 Å². The second kappa shape index (κ2) is 17.9. The predicted molar refractivity (Wildman–Crippen MR) is 198 cm³/mol. The number of benzene rings is 3. The molecule has 3 aromatic rings. The van der Waals surface area contributed by atoms with E-state index >= 15 is 0 Å². The Morgan fingerprint density at radius 2 is 0.846 bits per heavy atom. The highest BCUT2D eigenvalue weighted by molar-refractivity contribution is 5.92. The Labute approximate surface area is 303 Å². The lowest BCUT2D eigenvalue weighted by molar-refractivity contribution is -0.133. The molecule has 0 radical (unpaired) electrons. The van der Waals surface area contributed by atoms with E-state index in [2.05, 4.69) is 74.2 Å². The quantitative estimate of drug-likeness (QED) is 0.0885. The Balaban J connectivity index is 2.21. The summed E-state index contributed by atoms with van der Waals surface area (Å²) in [5, 5.41) is 0. The van der Waals surface area contributed by atoms with Gasteiger partial charge >= 0.3 is 23.9 Å². The average molecular weight is 691 g/mol. The molecule has 0 aliphatic rings. The highest BCUT2D eigenvalue weighted by atomic mass is 16.5. The molecule has 0 heterocycles. The lowest BCUT2D eigenvalue weighted by atomic mass is 9.88. The number of carbonyl (C=O) groups excluding carboxylic acids is 4. The van der Waals surface area contributed by atoms with Crippen LogP contribution in [0.4, 0.5) is 0 Å². The predicted octanol–water partition coefficient (Wildman–Crippen LogP) is 7.14. The van der Waals surface area contributed by atoms with Gasteiger partial charge in [0.2, 0.25) is 0 Å². The molecule has 3 rings (SSSR count). The minimum Gasteiger partial charge on any atom is -0.422 e. The van der Waals surface area contributed by atoms with Gasteiger partial charge in [0.25, 0.3) is 0 Å². The Kier molecular flexibility index (Phi) is 13.5.